The van der Waals surface area contributed by atoms with Crippen molar-refractivity contribution in [2.45, 2.75) is 26.4 Å². The van der Waals surface area contributed by atoms with E-state index in [1.165, 1.54) is 0 Å². The van der Waals surface area contributed by atoms with Crippen molar-refractivity contribution in [2.75, 3.05) is 26.8 Å². The van der Waals surface area contributed by atoms with E-state index in [0.717, 1.165) is 13.0 Å². The van der Waals surface area contributed by atoms with Crippen molar-refractivity contribution in [3.63, 3.8) is 0 Å². The van der Waals surface area contributed by atoms with Gasteiger partial charge in [0.1, 0.15) is 0 Å². The van der Waals surface area contributed by atoms with Gasteiger partial charge in [0.25, 0.3) is 0 Å². The number of nitrogens with zero attached hydrogens (tertiary/aromatic N) is 1. The number of aliphatic hydroxyl groups is 1. The summed E-state index contributed by atoms with van der Waals surface area (Å²) in [6.07, 6.45) is 0.314. The molecule has 0 bridgehead atoms. The number of hydrogen-bond acceptors (Lipinski definition) is 4. The SMILES string of the molecule is COCC(O)CNCCC(C)(C)C#N. The monoisotopic (exact) mass is 200 g/mol. The molecular formula is C10H20N2O2. The molecule has 0 aliphatic heterocycles. The zero-order valence-electron chi connectivity index (χ0n) is 9.21. The van der Waals surface area contributed by atoms with E-state index in [-0.39, 0.29) is 5.41 Å². The molecule has 0 heterocycles. The highest BCUT2D eigenvalue weighted by Gasteiger charge is 2.15. The quantitative estimate of drug-likeness (QED) is 0.588. The molecular weight excluding hydrogens is 180 g/mol. The molecule has 0 aromatic rings. The van der Waals surface area contributed by atoms with Crippen LogP contribution >= 0.6 is 0 Å². The van der Waals surface area contributed by atoms with E-state index < -0.39 is 6.10 Å². The van der Waals surface area contributed by atoms with Crippen molar-refractivity contribution >= 4 is 0 Å². The van der Waals surface area contributed by atoms with Crippen LogP contribution in [0.3, 0.4) is 0 Å². The van der Waals surface area contributed by atoms with Gasteiger partial charge in [0, 0.05) is 13.7 Å². The molecule has 0 saturated heterocycles. The molecule has 0 aromatic heterocycles. The molecule has 1 unspecified atom stereocenters. The first kappa shape index (κ1) is 13.4. The van der Waals surface area contributed by atoms with Gasteiger partial charge in [-0.1, -0.05) is 0 Å². The average molecular weight is 200 g/mol. The second kappa shape index (κ2) is 6.77. The van der Waals surface area contributed by atoms with Crippen LogP contribution in [0.5, 0.6) is 0 Å². The number of aliphatic hydroxyl groups excluding tert-OH is 1. The van der Waals surface area contributed by atoms with Crippen molar-refractivity contribution in [1.29, 1.82) is 5.26 Å². The Balaban J connectivity index is 3.43. The third-order valence-corrected chi connectivity index (χ3v) is 1.97. The topological polar surface area (TPSA) is 65.3 Å². The lowest BCUT2D eigenvalue weighted by atomic mass is 9.91. The number of rotatable bonds is 7. The summed E-state index contributed by atoms with van der Waals surface area (Å²) in [5, 5.41) is 21.1. The highest BCUT2D eigenvalue weighted by molar-refractivity contribution is 4.91. The Labute approximate surface area is 85.9 Å². The van der Waals surface area contributed by atoms with Crippen molar-refractivity contribution < 1.29 is 9.84 Å². The Morgan fingerprint density at radius 1 is 1.57 bits per heavy atom. The van der Waals surface area contributed by atoms with E-state index in [1.807, 2.05) is 13.8 Å². The predicted molar refractivity (Wildman–Crippen MR) is 54.8 cm³/mol. The molecule has 4 heteroatoms. The lowest BCUT2D eigenvalue weighted by Gasteiger charge is -2.16. The van der Waals surface area contributed by atoms with Crippen LogP contribution in [-0.2, 0) is 4.74 Å². The third-order valence-electron chi connectivity index (χ3n) is 1.97. The van der Waals surface area contributed by atoms with Crippen molar-refractivity contribution in [3.05, 3.63) is 0 Å². The fourth-order valence-corrected chi connectivity index (χ4v) is 0.977. The van der Waals surface area contributed by atoms with Gasteiger partial charge < -0.3 is 15.2 Å². The Bertz CT molecular complexity index is 187. The van der Waals surface area contributed by atoms with Gasteiger partial charge in [-0.2, -0.15) is 5.26 Å². The lowest BCUT2D eigenvalue weighted by molar-refractivity contribution is 0.0644. The Morgan fingerprint density at radius 3 is 2.71 bits per heavy atom. The summed E-state index contributed by atoms with van der Waals surface area (Å²) < 4.78 is 4.78. The normalized spacial score (nSPS) is 13.6. The molecule has 0 rings (SSSR count). The molecule has 2 N–H and O–H groups in total. The predicted octanol–water partition coefficient (Wildman–Crippen LogP) is 0.523. The minimum absolute atomic E-state index is 0.292. The van der Waals surface area contributed by atoms with E-state index in [2.05, 4.69) is 11.4 Å². The van der Waals surface area contributed by atoms with E-state index >= 15 is 0 Å². The molecule has 1 atom stereocenters. The highest BCUT2D eigenvalue weighted by atomic mass is 16.5. The first-order valence-electron chi connectivity index (χ1n) is 4.81. The highest BCUT2D eigenvalue weighted by Crippen LogP contribution is 2.16. The Kier molecular flexibility index (Phi) is 6.46. The third kappa shape index (κ3) is 6.84. The largest absolute Gasteiger partial charge is 0.389 e. The molecule has 0 saturated carbocycles. The maximum absolute atomic E-state index is 9.28. The summed E-state index contributed by atoms with van der Waals surface area (Å²) in [7, 11) is 1.56. The van der Waals surface area contributed by atoms with Gasteiger partial charge >= 0.3 is 0 Å². The number of hydrogen-bond donors (Lipinski definition) is 2. The van der Waals surface area contributed by atoms with E-state index in [0.29, 0.717) is 13.2 Å². The van der Waals surface area contributed by atoms with Gasteiger partial charge in [-0.05, 0) is 26.8 Å². The smallest absolute Gasteiger partial charge is 0.0897 e. The molecule has 0 radical (unpaired) electrons. The summed E-state index contributed by atoms with van der Waals surface area (Å²) in [5.41, 5.74) is -0.292. The van der Waals surface area contributed by atoms with Gasteiger partial charge in [0.2, 0.25) is 0 Å². The summed E-state index contributed by atoms with van der Waals surface area (Å²) in [6, 6.07) is 2.23. The van der Waals surface area contributed by atoms with Crippen LogP contribution in [0.25, 0.3) is 0 Å². The van der Waals surface area contributed by atoms with Crippen LogP contribution < -0.4 is 5.32 Å². The van der Waals surface area contributed by atoms with Gasteiger partial charge in [-0.25, -0.2) is 0 Å². The fourth-order valence-electron chi connectivity index (χ4n) is 0.977. The number of methoxy groups -OCH3 is 1. The van der Waals surface area contributed by atoms with Crippen LogP contribution in [0.2, 0.25) is 0 Å². The minimum atomic E-state index is -0.467. The second-order valence-electron chi connectivity index (χ2n) is 4.06. The van der Waals surface area contributed by atoms with Crippen LogP contribution in [0.4, 0.5) is 0 Å². The van der Waals surface area contributed by atoms with Crippen LogP contribution in [0.15, 0.2) is 0 Å². The fraction of sp³-hybridized carbons (Fsp3) is 0.900. The van der Waals surface area contributed by atoms with E-state index in [1.54, 1.807) is 7.11 Å². The van der Waals surface area contributed by atoms with E-state index in [9.17, 15) is 5.11 Å². The first-order chi connectivity index (χ1) is 6.52. The maximum Gasteiger partial charge on any atom is 0.0897 e. The molecule has 0 fully saturated rings. The molecule has 4 nitrogen and oxygen atoms in total. The molecule has 0 amide bonds. The lowest BCUT2D eigenvalue weighted by Crippen LogP contribution is -2.32. The maximum atomic E-state index is 9.28. The zero-order valence-corrected chi connectivity index (χ0v) is 9.21. The van der Waals surface area contributed by atoms with Gasteiger partial charge in [0.15, 0.2) is 0 Å². The van der Waals surface area contributed by atoms with Crippen molar-refractivity contribution in [3.8, 4) is 6.07 Å². The van der Waals surface area contributed by atoms with Crippen molar-refractivity contribution in [2.24, 2.45) is 5.41 Å². The first-order valence-corrected chi connectivity index (χ1v) is 4.81. The number of nitriles is 1. The number of ether oxygens (including phenoxy) is 1. The summed E-state index contributed by atoms with van der Waals surface area (Å²) in [5.74, 6) is 0. The van der Waals surface area contributed by atoms with Gasteiger partial charge in [0.05, 0.1) is 24.2 Å². The van der Waals surface area contributed by atoms with Gasteiger partial charge in [-0.3, -0.25) is 0 Å². The standard InChI is InChI=1S/C10H20N2O2/c1-10(2,8-11)4-5-12-6-9(13)7-14-3/h9,12-13H,4-7H2,1-3H3. The second-order valence-corrected chi connectivity index (χ2v) is 4.06. The number of nitrogens with one attached hydrogen (secondary N) is 1. The molecule has 0 aromatic carbocycles. The van der Waals surface area contributed by atoms with Crippen molar-refractivity contribution in [1.82, 2.24) is 5.32 Å². The van der Waals surface area contributed by atoms with Gasteiger partial charge in [-0.15, -0.1) is 0 Å². The molecule has 82 valence electrons. The molecule has 0 aliphatic rings. The Morgan fingerprint density at radius 2 is 2.21 bits per heavy atom. The van der Waals surface area contributed by atoms with Crippen LogP contribution in [0.1, 0.15) is 20.3 Å². The molecule has 0 aliphatic carbocycles. The summed E-state index contributed by atoms with van der Waals surface area (Å²) in [6.45, 7) is 5.39. The van der Waals surface area contributed by atoms with Crippen LogP contribution in [-0.4, -0.2) is 38.0 Å². The van der Waals surface area contributed by atoms with Crippen LogP contribution in [0, 0.1) is 16.7 Å². The average Bonchev–Trinajstić information content (AvgIpc) is 2.13. The summed E-state index contributed by atoms with van der Waals surface area (Å²) >= 11 is 0. The zero-order chi connectivity index (χ0) is 11.0. The Hall–Kier alpha value is -0.630. The minimum Gasteiger partial charge on any atom is -0.389 e. The molecule has 0 spiro atoms. The summed E-state index contributed by atoms with van der Waals surface area (Å²) in [4.78, 5) is 0. The van der Waals surface area contributed by atoms with E-state index in [4.69, 9.17) is 10.00 Å². The molecule has 14 heavy (non-hydrogen) atoms.